The Balaban J connectivity index is 1.61. The van der Waals surface area contributed by atoms with Crippen LogP contribution in [0.4, 0.5) is 0 Å². The number of nitrogens with one attached hydrogen (secondary N) is 2. The van der Waals surface area contributed by atoms with Crippen LogP contribution in [0.5, 0.6) is 0 Å². The van der Waals surface area contributed by atoms with Gasteiger partial charge in [0.15, 0.2) is 11.5 Å². The third kappa shape index (κ3) is 4.27. The highest BCUT2D eigenvalue weighted by Crippen LogP contribution is 2.23. The van der Waals surface area contributed by atoms with Gasteiger partial charge in [0.2, 0.25) is 0 Å². The minimum atomic E-state index is -0.668. The summed E-state index contributed by atoms with van der Waals surface area (Å²) in [6.45, 7) is 12.3. The smallest absolute Gasteiger partial charge is 0.321 e. The summed E-state index contributed by atoms with van der Waals surface area (Å²) in [5.74, 6) is 0.297. The topological polar surface area (TPSA) is 92.7 Å². The summed E-state index contributed by atoms with van der Waals surface area (Å²) < 4.78 is 1.90. The molecule has 32 heavy (non-hydrogen) atoms. The molecule has 164 valence electrons. The van der Waals surface area contributed by atoms with Crippen molar-refractivity contribution >= 4 is 11.0 Å². The molecule has 2 N–H and O–H groups in total. The van der Waals surface area contributed by atoms with E-state index in [4.69, 9.17) is 0 Å². The van der Waals surface area contributed by atoms with E-state index in [1.54, 1.807) is 0 Å². The van der Waals surface area contributed by atoms with Crippen molar-refractivity contribution in [2.75, 3.05) is 6.54 Å². The van der Waals surface area contributed by atoms with Crippen molar-refractivity contribution in [2.45, 2.75) is 53.1 Å². The zero-order chi connectivity index (χ0) is 23.0. The normalized spacial score (nSPS) is 11.8. The van der Waals surface area contributed by atoms with Crippen molar-refractivity contribution in [2.24, 2.45) is 0 Å². The van der Waals surface area contributed by atoms with Gasteiger partial charge in [0.25, 0.3) is 5.56 Å². The van der Waals surface area contributed by atoms with E-state index >= 15 is 0 Å². The highest BCUT2D eigenvalue weighted by Gasteiger charge is 2.19. The Kier molecular flexibility index (Phi) is 5.57. The molecule has 0 amide bonds. The highest BCUT2D eigenvalue weighted by molar-refractivity contribution is 5.81. The number of hydrogen-bond acceptors (Lipinski definition) is 5. The summed E-state index contributed by atoms with van der Waals surface area (Å²) in [5, 5.41) is 3.41. The van der Waals surface area contributed by atoms with E-state index in [1.807, 2.05) is 30.5 Å². The summed E-state index contributed by atoms with van der Waals surface area (Å²) in [4.78, 5) is 35.0. The molecule has 2 heterocycles. The van der Waals surface area contributed by atoms with E-state index in [2.05, 4.69) is 65.3 Å². The van der Waals surface area contributed by atoms with E-state index in [9.17, 15) is 9.59 Å². The molecule has 0 aromatic heterocycles. The fourth-order valence-corrected chi connectivity index (χ4v) is 3.65. The van der Waals surface area contributed by atoms with E-state index in [1.165, 1.54) is 0 Å². The number of fused-ring (bicyclic) bond motifs is 2. The number of aromatic amines is 1. The molecule has 2 aromatic rings. The van der Waals surface area contributed by atoms with Crippen molar-refractivity contribution in [1.82, 2.24) is 24.8 Å². The molecule has 2 aliphatic heterocycles. The predicted molar refractivity (Wildman–Crippen MR) is 125 cm³/mol. The summed E-state index contributed by atoms with van der Waals surface area (Å²) >= 11 is 0. The number of aryl methyl sites for hydroxylation is 2. The quantitative estimate of drug-likeness (QED) is 0.376. The van der Waals surface area contributed by atoms with Gasteiger partial charge < -0.3 is 9.88 Å². The fraction of sp³-hybridized carbons (Fsp3) is 0.360. The number of rotatable bonds is 5. The van der Waals surface area contributed by atoms with Crippen LogP contribution in [0.15, 0.2) is 33.9 Å². The van der Waals surface area contributed by atoms with Gasteiger partial charge in [0.1, 0.15) is 0 Å². The second-order valence-corrected chi connectivity index (χ2v) is 9.18. The third-order valence-electron chi connectivity index (χ3n) is 5.67. The maximum atomic E-state index is 12.4. The van der Waals surface area contributed by atoms with Gasteiger partial charge in [-0.3, -0.25) is 9.78 Å². The first-order valence-electron chi connectivity index (χ1n) is 10.7. The minimum absolute atomic E-state index is 0.0459. The lowest BCUT2D eigenvalue weighted by Crippen LogP contribution is -2.30. The Labute approximate surface area is 186 Å². The average Bonchev–Trinajstić information content (AvgIpc) is 2.72. The maximum Gasteiger partial charge on any atom is 0.349 e. The highest BCUT2D eigenvalue weighted by atomic mass is 16.2. The van der Waals surface area contributed by atoms with Crippen LogP contribution in [0.1, 0.15) is 43.0 Å². The van der Waals surface area contributed by atoms with Crippen LogP contribution >= 0.6 is 0 Å². The predicted octanol–water partition coefficient (Wildman–Crippen LogP) is 2.89. The van der Waals surface area contributed by atoms with Crippen molar-refractivity contribution in [3.8, 4) is 11.5 Å². The van der Waals surface area contributed by atoms with Gasteiger partial charge in [-0.15, -0.1) is 0 Å². The largest absolute Gasteiger partial charge is 0.349 e. The molecule has 0 spiro atoms. The second-order valence-electron chi connectivity index (χ2n) is 9.18. The first-order chi connectivity index (χ1) is 15.1. The van der Waals surface area contributed by atoms with Gasteiger partial charge in [-0.05, 0) is 54.7 Å². The fourth-order valence-electron chi connectivity index (χ4n) is 3.65. The molecule has 0 saturated carbocycles. The molecule has 0 atom stereocenters. The zero-order valence-electron chi connectivity index (χ0n) is 19.1. The number of nitrogens with zero attached hydrogens (tertiary/aromatic N) is 3. The first kappa shape index (κ1) is 21.7. The number of aromatic nitrogens is 4. The summed E-state index contributed by atoms with van der Waals surface area (Å²) in [5.41, 5.74) is 4.91. The van der Waals surface area contributed by atoms with Gasteiger partial charge in [-0.2, -0.15) is 4.98 Å². The summed E-state index contributed by atoms with van der Waals surface area (Å²) in [6.07, 6.45) is 0. The molecule has 0 saturated heterocycles. The molecule has 0 aliphatic carbocycles. The number of H-pyrrole nitrogens is 1. The van der Waals surface area contributed by atoms with Crippen LogP contribution < -0.4 is 16.6 Å². The van der Waals surface area contributed by atoms with Gasteiger partial charge in [0.05, 0.1) is 11.0 Å². The SMILES string of the molecule is Cc1cc2nc3c(=O)[nH]c(=O)nc-3n(CCNCc3c#cc(C(C)(C)C)cc3)c2cc1C. The standard InChI is InChI=1S/C25H27N5O2/c1-15-12-19-20(13-16(15)2)30(22-21(27-19)23(31)29-24(32)28-22)11-10-26-14-17-6-8-18(9-7-17)25(3,4)5/h6,8,12-13,26H,10-11,14H2,1-5H3,(H,29,31,32). The molecular formula is C25H27N5O2. The molecule has 0 fully saturated rings. The van der Waals surface area contributed by atoms with Crippen molar-refractivity contribution < 1.29 is 0 Å². The van der Waals surface area contributed by atoms with Crippen molar-refractivity contribution in [1.29, 1.82) is 0 Å². The van der Waals surface area contributed by atoms with Crippen LogP contribution in [-0.2, 0) is 18.5 Å². The van der Waals surface area contributed by atoms with Crippen LogP contribution in [0.25, 0.3) is 22.6 Å². The molecule has 0 bridgehead atoms. The molecule has 7 heteroatoms. The van der Waals surface area contributed by atoms with Crippen LogP contribution in [-0.4, -0.2) is 26.1 Å². The Morgan fingerprint density at radius 1 is 1.06 bits per heavy atom. The van der Waals surface area contributed by atoms with Crippen molar-refractivity contribution in [3.63, 3.8) is 0 Å². The lowest BCUT2D eigenvalue weighted by Gasteiger charge is -2.18. The van der Waals surface area contributed by atoms with E-state index in [0.29, 0.717) is 31.0 Å². The third-order valence-corrected chi connectivity index (χ3v) is 5.67. The lowest BCUT2D eigenvalue weighted by atomic mass is 9.88. The average molecular weight is 430 g/mol. The molecule has 4 rings (SSSR count). The summed E-state index contributed by atoms with van der Waals surface area (Å²) in [7, 11) is 0. The number of benzene rings is 1. The Morgan fingerprint density at radius 3 is 2.50 bits per heavy atom. The van der Waals surface area contributed by atoms with Gasteiger partial charge in [0, 0.05) is 30.8 Å². The molecule has 2 aliphatic rings. The first-order valence-corrected chi connectivity index (χ1v) is 10.7. The van der Waals surface area contributed by atoms with Crippen LogP contribution in [0, 0.1) is 26.0 Å². The molecule has 0 radical (unpaired) electrons. The van der Waals surface area contributed by atoms with E-state index in [0.717, 1.165) is 27.8 Å². The molecule has 7 nitrogen and oxygen atoms in total. The number of hydrogen-bond donors (Lipinski definition) is 2. The van der Waals surface area contributed by atoms with Crippen LogP contribution in [0.2, 0.25) is 0 Å². The van der Waals surface area contributed by atoms with Crippen LogP contribution in [0.3, 0.4) is 0 Å². The van der Waals surface area contributed by atoms with E-state index in [-0.39, 0.29) is 11.1 Å². The monoisotopic (exact) mass is 429 g/mol. The Morgan fingerprint density at radius 2 is 1.81 bits per heavy atom. The Bertz CT molecular complexity index is 1360. The molecule has 0 unspecified atom stereocenters. The van der Waals surface area contributed by atoms with E-state index < -0.39 is 11.2 Å². The maximum absolute atomic E-state index is 12.4. The lowest BCUT2D eigenvalue weighted by molar-refractivity contribution is 0.588. The van der Waals surface area contributed by atoms with Gasteiger partial charge >= 0.3 is 5.69 Å². The minimum Gasteiger partial charge on any atom is -0.321 e. The zero-order valence-corrected chi connectivity index (χ0v) is 19.1. The molecule has 2 aromatic carbocycles. The summed E-state index contributed by atoms with van der Waals surface area (Å²) in [6, 6.07) is 14.6. The molecular weight excluding hydrogens is 402 g/mol. The second kappa shape index (κ2) is 8.21. The van der Waals surface area contributed by atoms with Crippen molar-refractivity contribution in [3.05, 3.63) is 79.5 Å². The van der Waals surface area contributed by atoms with Gasteiger partial charge in [-0.25, -0.2) is 9.78 Å². The van der Waals surface area contributed by atoms with Gasteiger partial charge in [-0.1, -0.05) is 32.9 Å². The Hall–Kier alpha value is -3.50.